The number of methoxy groups -OCH3 is 1. The SMILES string of the molecule is CCn1cc(-c2ccc(Cl)cc2Cl)nc1C=Cc1ccc(OC)cc1. The number of ether oxygens (including phenoxy) is 1. The maximum Gasteiger partial charge on any atom is 0.133 e. The number of aromatic nitrogens is 2. The second-order valence-corrected chi connectivity index (χ2v) is 6.34. The van der Waals surface area contributed by atoms with E-state index in [2.05, 4.69) is 11.5 Å². The summed E-state index contributed by atoms with van der Waals surface area (Å²) in [5, 5.41) is 1.21. The molecule has 1 heterocycles. The molecule has 3 nitrogen and oxygen atoms in total. The van der Waals surface area contributed by atoms with E-state index < -0.39 is 0 Å². The zero-order valence-corrected chi connectivity index (χ0v) is 15.6. The van der Waals surface area contributed by atoms with E-state index >= 15 is 0 Å². The van der Waals surface area contributed by atoms with Crippen LogP contribution in [0, 0.1) is 0 Å². The van der Waals surface area contributed by atoms with Gasteiger partial charge in [-0.15, -0.1) is 0 Å². The van der Waals surface area contributed by atoms with Gasteiger partial charge >= 0.3 is 0 Å². The van der Waals surface area contributed by atoms with E-state index in [0.717, 1.165) is 34.9 Å². The lowest BCUT2D eigenvalue weighted by atomic mass is 10.2. The minimum Gasteiger partial charge on any atom is -0.497 e. The summed E-state index contributed by atoms with van der Waals surface area (Å²) in [6.07, 6.45) is 6.03. The summed E-state index contributed by atoms with van der Waals surface area (Å²) in [5.74, 6) is 1.71. The molecule has 0 aliphatic heterocycles. The van der Waals surface area contributed by atoms with Crippen molar-refractivity contribution in [3.8, 4) is 17.0 Å². The fraction of sp³-hybridized carbons (Fsp3) is 0.150. The summed E-state index contributed by atoms with van der Waals surface area (Å²) in [6.45, 7) is 2.90. The molecule has 25 heavy (non-hydrogen) atoms. The van der Waals surface area contributed by atoms with E-state index in [1.54, 1.807) is 13.2 Å². The van der Waals surface area contributed by atoms with Crippen LogP contribution in [0.5, 0.6) is 5.75 Å². The Morgan fingerprint density at radius 3 is 2.48 bits per heavy atom. The molecule has 1 aromatic heterocycles. The number of hydrogen-bond acceptors (Lipinski definition) is 2. The van der Waals surface area contributed by atoms with Gasteiger partial charge in [0.25, 0.3) is 0 Å². The molecule has 0 fully saturated rings. The normalized spacial score (nSPS) is 11.2. The van der Waals surface area contributed by atoms with Crippen LogP contribution in [0.4, 0.5) is 0 Å². The van der Waals surface area contributed by atoms with Gasteiger partial charge in [0.15, 0.2) is 0 Å². The van der Waals surface area contributed by atoms with E-state index in [1.807, 2.05) is 54.7 Å². The van der Waals surface area contributed by atoms with Crippen molar-refractivity contribution in [2.45, 2.75) is 13.5 Å². The topological polar surface area (TPSA) is 27.1 Å². The highest BCUT2D eigenvalue weighted by atomic mass is 35.5. The first kappa shape index (κ1) is 17.6. The van der Waals surface area contributed by atoms with Crippen molar-refractivity contribution in [3.05, 3.63) is 70.1 Å². The molecule has 0 aliphatic rings. The molecule has 5 heteroatoms. The number of hydrogen-bond donors (Lipinski definition) is 0. The first-order valence-corrected chi connectivity index (χ1v) is 8.71. The zero-order valence-electron chi connectivity index (χ0n) is 14.0. The largest absolute Gasteiger partial charge is 0.497 e. The Labute approximate surface area is 157 Å². The highest BCUT2D eigenvalue weighted by Gasteiger charge is 2.10. The molecule has 0 aliphatic carbocycles. The highest BCUT2D eigenvalue weighted by molar-refractivity contribution is 6.36. The van der Waals surface area contributed by atoms with Crippen LogP contribution in [0.3, 0.4) is 0 Å². The van der Waals surface area contributed by atoms with E-state index in [0.29, 0.717) is 10.0 Å². The number of rotatable bonds is 5. The molecule has 0 radical (unpaired) electrons. The van der Waals surface area contributed by atoms with E-state index in [9.17, 15) is 0 Å². The van der Waals surface area contributed by atoms with Crippen LogP contribution < -0.4 is 4.74 Å². The zero-order chi connectivity index (χ0) is 17.8. The van der Waals surface area contributed by atoms with Gasteiger partial charge in [0.05, 0.1) is 17.8 Å². The predicted molar refractivity (Wildman–Crippen MR) is 105 cm³/mol. The number of nitrogens with zero attached hydrogens (tertiary/aromatic N) is 2. The molecule has 0 unspecified atom stereocenters. The van der Waals surface area contributed by atoms with Crippen molar-refractivity contribution in [2.24, 2.45) is 0 Å². The lowest BCUT2D eigenvalue weighted by Crippen LogP contribution is -1.94. The summed E-state index contributed by atoms with van der Waals surface area (Å²) >= 11 is 12.3. The Kier molecular flexibility index (Phi) is 5.47. The minimum absolute atomic E-state index is 0.596. The van der Waals surface area contributed by atoms with Gasteiger partial charge < -0.3 is 9.30 Å². The van der Waals surface area contributed by atoms with Crippen LogP contribution >= 0.6 is 23.2 Å². The number of aryl methyl sites for hydroxylation is 1. The van der Waals surface area contributed by atoms with Crippen molar-refractivity contribution in [1.29, 1.82) is 0 Å². The van der Waals surface area contributed by atoms with Gasteiger partial charge in [-0.05, 0) is 48.9 Å². The van der Waals surface area contributed by atoms with Crippen LogP contribution in [0.25, 0.3) is 23.4 Å². The Hall–Kier alpha value is -2.23. The third-order valence-electron chi connectivity index (χ3n) is 3.90. The average Bonchev–Trinajstić information content (AvgIpc) is 3.03. The van der Waals surface area contributed by atoms with Gasteiger partial charge in [0.1, 0.15) is 11.6 Å². The van der Waals surface area contributed by atoms with Crippen LogP contribution in [0.15, 0.2) is 48.7 Å². The molecule has 0 N–H and O–H groups in total. The third kappa shape index (κ3) is 4.06. The van der Waals surface area contributed by atoms with Crippen molar-refractivity contribution in [2.75, 3.05) is 7.11 Å². The highest BCUT2D eigenvalue weighted by Crippen LogP contribution is 2.30. The van der Waals surface area contributed by atoms with Crippen molar-refractivity contribution in [1.82, 2.24) is 9.55 Å². The molecule has 0 atom stereocenters. The van der Waals surface area contributed by atoms with Crippen molar-refractivity contribution in [3.63, 3.8) is 0 Å². The molecule has 3 rings (SSSR count). The van der Waals surface area contributed by atoms with Crippen molar-refractivity contribution < 1.29 is 4.74 Å². The first-order valence-electron chi connectivity index (χ1n) is 7.95. The number of benzene rings is 2. The first-order chi connectivity index (χ1) is 12.1. The van der Waals surface area contributed by atoms with E-state index in [-0.39, 0.29) is 0 Å². The second-order valence-electron chi connectivity index (χ2n) is 5.50. The van der Waals surface area contributed by atoms with Gasteiger partial charge in [-0.2, -0.15) is 0 Å². The summed E-state index contributed by atoms with van der Waals surface area (Å²) in [5.41, 5.74) is 2.78. The fourth-order valence-corrected chi connectivity index (χ4v) is 3.03. The Morgan fingerprint density at radius 1 is 1.08 bits per heavy atom. The van der Waals surface area contributed by atoms with E-state index in [1.165, 1.54) is 0 Å². The van der Waals surface area contributed by atoms with Gasteiger partial charge in [0.2, 0.25) is 0 Å². The molecule has 128 valence electrons. The van der Waals surface area contributed by atoms with Gasteiger partial charge in [-0.25, -0.2) is 4.98 Å². The third-order valence-corrected chi connectivity index (χ3v) is 4.44. The predicted octanol–water partition coefficient (Wildman–Crippen LogP) is 6.06. The summed E-state index contributed by atoms with van der Waals surface area (Å²) in [7, 11) is 1.66. The monoisotopic (exact) mass is 372 g/mol. The van der Waals surface area contributed by atoms with E-state index in [4.69, 9.17) is 32.9 Å². The fourth-order valence-electron chi connectivity index (χ4n) is 2.53. The second kappa shape index (κ2) is 7.77. The molecule has 0 bridgehead atoms. The Balaban J connectivity index is 1.91. The Morgan fingerprint density at radius 2 is 1.84 bits per heavy atom. The summed E-state index contributed by atoms with van der Waals surface area (Å²) in [6, 6.07) is 13.3. The lowest BCUT2D eigenvalue weighted by Gasteiger charge is -2.00. The Bertz CT molecular complexity index is 899. The van der Waals surface area contributed by atoms with Gasteiger partial charge in [-0.1, -0.05) is 41.4 Å². The minimum atomic E-state index is 0.596. The molecule has 2 aromatic carbocycles. The standard InChI is InChI=1S/C20H18Cl2N2O/c1-3-24-13-19(17-10-7-15(21)12-18(17)22)23-20(24)11-6-14-4-8-16(25-2)9-5-14/h4-13H,3H2,1-2H3. The molecular weight excluding hydrogens is 355 g/mol. The number of halogens is 2. The van der Waals surface area contributed by atoms with Crippen LogP contribution in [-0.2, 0) is 6.54 Å². The van der Waals surface area contributed by atoms with Gasteiger partial charge in [0, 0.05) is 23.3 Å². The molecule has 0 saturated carbocycles. The molecule has 0 amide bonds. The van der Waals surface area contributed by atoms with Gasteiger partial charge in [-0.3, -0.25) is 0 Å². The molecule has 3 aromatic rings. The molecular formula is C20H18Cl2N2O. The summed E-state index contributed by atoms with van der Waals surface area (Å²) < 4.78 is 7.26. The van der Waals surface area contributed by atoms with Crippen molar-refractivity contribution >= 4 is 35.4 Å². The lowest BCUT2D eigenvalue weighted by molar-refractivity contribution is 0.415. The maximum atomic E-state index is 6.31. The van der Waals surface area contributed by atoms with Crippen LogP contribution in [-0.4, -0.2) is 16.7 Å². The molecule has 0 saturated heterocycles. The maximum absolute atomic E-state index is 6.31. The quantitative estimate of drug-likeness (QED) is 0.544. The van der Waals surface area contributed by atoms with Crippen LogP contribution in [0.2, 0.25) is 10.0 Å². The summed E-state index contributed by atoms with van der Waals surface area (Å²) in [4.78, 5) is 4.71. The molecule has 0 spiro atoms. The van der Waals surface area contributed by atoms with Crippen LogP contribution in [0.1, 0.15) is 18.3 Å². The average molecular weight is 373 g/mol. The smallest absolute Gasteiger partial charge is 0.133 e. The number of imidazole rings is 1.